The maximum absolute atomic E-state index is 14.0. The van der Waals surface area contributed by atoms with Gasteiger partial charge >= 0.3 is 12.1 Å². The van der Waals surface area contributed by atoms with Crippen LogP contribution >= 0.6 is 0 Å². The molecule has 10 unspecified atom stereocenters. The summed E-state index contributed by atoms with van der Waals surface area (Å²) in [4.78, 5) is 29.7. The average molecular weight is 978 g/mol. The predicted molar refractivity (Wildman–Crippen MR) is 282 cm³/mol. The summed E-state index contributed by atoms with van der Waals surface area (Å²) in [6.45, 7) is 37.1. The van der Waals surface area contributed by atoms with Crippen LogP contribution in [-0.2, 0) is 32.3 Å². The first-order valence-electron chi connectivity index (χ1n) is 27.0. The highest BCUT2D eigenvalue weighted by Crippen LogP contribution is 2.42. The van der Waals surface area contributed by atoms with E-state index in [-0.39, 0.29) is 48.6 Å². The number of esters is 1. The second-order valence-electron chi connectivity index (χ2n) is 20.7. The van der Waals surface area contributed by atoms with E-state index in [0.29, 0.717) is 18.9 Å². The third kappa shape index (κ3) is 17.4. The molecule has 10 nitrogen and oxygen atoms in total. The van der Waals surface area contributed by atoms with E-state index in [1.165, 1.54) is 12.8 Å². The summed E-state index contributed by atoms with van der Waals surface area (Å²) in [5, 5.41) is 3.01. The Hall–Kier alpha value is -1.59. The lowest BCUT2D eigenvalue weighted by Crippen LogP contribution is -2.46. The molecule has 3 heterocycles. The van der Waals surface area contributed by atoms with Crippen molar-refractivity contribution in [3.8, 4) is 0 Å². The van der Waals surface area contributed by atoms with Gasteiger partial charge in [-0.3, -0.25) is 4.79 Å². The third-order valence-electron chi connectivity index (χ3n) is 16.4. The number of cyclic esters (lactones) is 1. The van der Waals surface area contributed by atoms with Gasteiger partial charge in [0.05, 0.1) is 30.3 Å². The number of nitrogens with one attached hydrogen (secondary N) is 1. The van der Waals surface area contributed by atoms with Gasteiger partial charge in [0, 0.05) is 37.5 Å². The Kier molecular flexibility index (Phi) is 25.2. The van der Waals surface area contributed by atoms with Gasteiger partial charge in [0.2, 0.25) is 0 Å². The molecule has 0 aliphatic carbocycles. The van der Waals surface area contributed by atoms with Crippen LogP contribution in [-0.4, -0.2) is 110 Å². The molecule has 0 bridgehead atoms. The summed E-state index contributed by atoms with van der Waals surface area (Å²) < 4.78 is 40.7. The molecule has 66 heavy (non-hydrogen) atoms. The van der Waals surface area contributed by atoms with E-state index in [9.17, 15) is 9.59 Å². The van der Waals surface area contributed by atoms with Crippen molar-refractivity contribution in [2.24, 2.45) is 17.8 Å². The summed E-state index contributed by atoms with van der Waals surface area (Å²) in [5.41, 5.74) is 0.403. The molecule has 0 aromatic rings. The van der Waals surface area contributed by atoms with Gasteiger partial charge in [-0.1, -0.05) is 114 Å². The van der Waals surface area contributed by atoms with E-state index in [4.69, 9.17) is 27.5 Å². The normalized spacial score (nSPS) is 27.7. The Balaban J connectivity index is 1.94. The number of carbonyl (C=O) groups is 2. The van der Waals surface area contributed by atoms with Crippen LogP contribution in [0.15, 0.2) is 36.0 Å². The molecule has 0 aromatic carbocycles. The van der Waals surface area contributed by atoms with Gasteiger partial charge in [-0.2, -0.15) is 0 Å². The largest absolute Gasteiger partial charge is 0.457 e. The highest BCUT2D eigenvalue weighted by Gasteiger charge is 2.51. The third-order valence-corrected chi connectivity index (χ3v) is 30.6. The fraction of sp³-hybridized carbons (Fsp3) is 0.849. The molecule has 10 atom stereocenters. The van der Waals surface area contributed by atoms with E-state index in [2.05, 4.69) is 138 Å². The van der Waals surface area contributed by atoms with E-state index in [1.807, 2.05) is 6.08 Å². The van der Waals surface area contributed by atoms with Crippen molar-refractivity contribution >= 4 is 37.0 Å². The van der Waals surface area contributed by atoms with Crippen LogP contribution < -0.4 is 5.32 Å². The molecule has 2 saturated heterocycles. The Labute approximate surface area is 407 Å². The molecule has 1 amide bonds. The molecule has 2 fully saturated rings. The number of nitrogens with zero attached hydrogens (tertiary/aromatic N) is 1. The van der Waals surface area contributed by atoms with Crippen molar-refractivity contribution < 1.29 is 37.1 Å². The molecule has 1 N–H and O–H groups in total. The van der Waals surface area contributed by atoms with Crippen LogP contribution in [0.1, 0.15) is 149 Å². The number of amides is 1. The first-order chi connectivity index (χ1) is 31.4. The minimum absolute atomic E-state index is 0.0267. The number of hydrogen-bond donors (Lipinski definition) is 1. The van der Waals surface area contributed by atoms with Crippen molar-refractivity contribution in [1.29, 1.82) is 0 Å². The molecular weight excluding hydrogens is 877 g/mol. The molecule has 382 valence electrons. The van der Waals surface area contributed by atoms with Crippen molar-refractivity contribution in [2.45, 2.75) is 245 Å². The van der Waals surface area contributed by atoms with E-state index >= 15 is 0 Å². The number of ether oxygens (including phenoxy) is 3. The zero-order valence-corrected chi connectivity index (χ0v) is 47.9. The van der Waals surface area contributed by atoms with E-state index in [1.54, 1.807) is 0 Å². The van der Waals surface area contributed by atoms with Crippen molar-refractivity contribution in [3.05, 3.63) is 36.0 Å². The molecule has 3 aliphatic rings. The van der Waals surface area contributed by atoms with Gasteiger partial charge in [0.25, 0.3) is 0 Å². The summed E-state index contributed by atoms with van der Waals surface area (Å²) in [7, 11) is -5.82. The predicted octanol–water partition coefficient (Wildman–Crippen LogP) is 13.4. The second kappa shape index (κ2) is 28.3. The minimum atomic E-state index is -2.04. The van der Waals surface area contributed by atoms with Gasteiger partial charge in [-0.05, 0) is 131 Å². The zero-order chi connectivity index (χ0) is 49.1. The Morgan fingerprint density at radius 3 is 2.03 bits per heavy atom. The highest BCUT2D eigenvalue weighted by molar-refractivity contribution is 6.74. The van der Waals surface area contributed by atoms with Crippen molar-refractivity contribution in [3.63, 3.8) is 0 Å². The topological polar surface area (TPSA) is 108 Å². The Morgan fingerprint density at radius 2 is 1.47 bits per heavy atom. The number of epoxide rings is 1. The smallest absolute Gasteiger partial charge is 0.407 e. The number of rotatable bonds is 27. The molecule has 3 rings (SSSR count). The number of allylic oxidation sites excluding steroid dienone is 2. The van der Waals surface area contributed by atoms with Gasteiger partial charge in [-0.25, -0.2) is 4.79 Å². The van der Waals surface area contributed by atoms with Crippen LogP contribution in [0, 0.1) is 17.8 Å². The fourth-order valence-electron chi connectivity index (χ4n) is 10.8. The number of hydrogen-bond acceptors (Lipinski definition) is 9. The summed E-state index contributed by atoms with van der Waals surface area (Å²) in [6.07, 6.45) is 15.2. The lowest BCUT2D eigenvalue weighted by molar-refractivity contribution is -0.150. The quantitative estimate of drug-likeness (QED) is 0.0283. The van der Waals surface area contributed by atoms with Crippen LogP contribution in [0.2, 0.25) is 54.4 Å². The van der Waals surface area contributed by atoms with Crippen molar-refractivity contribution in [1.82, 2.24) is 10.2 Å². The van der Waals surface area contributed by atoms with Crippen LogP contribution in [0.25, 0.3) is 0 Å². The maximum atomic E-state index is 14.0. The summed E-state index contributed by atoms with van der Waals surface area (Å²) in [6, 6.07) is 9.62. The van der Waals surface area contributed by atoms with Gasteiger partial charge in [0.15, 0.2) is 25.0 Å². The monoisotopic (exact) mass is 977 g/mol. The first-order valence-corrected chi connectivity index (χ1v) is 34.6. The SMILES string of the molecule is CCC(O[Si](CC)(CC)CC)C(C)C1OC1CC(C)(/C=C/C=C(\C)C1OC(=O)CC(O[Si](CC)(CC)CC)CCC(C)C(OC(=O)NCCN2CCCC2)/C=C\C1C)O[Si](CC)(CC)CC. The fourth-order valence-corrected chi connectivity index (χ4v) is 19.8. The molecule has 0 spiro atoms. The molecule has 3 aliphatic heterocycles. The standard InChI is InChI=1S/C53H100N2O8Si3/c1-16-46(62-65(20-5,21-6)22-7)44(14)51-48(58-51)40-53(15,63-66(23-8,24-9)25-10)34-28-29-42(12)50-43(13)31-33-47(59-52(57)54-35-38-55-36-26-27-37-55)41(11)30-32-45(39-49(56)60-50)61-64(17-2,18-3)19-4/h28-29,31,33-34,41,43-48,50-51H,16-27,30,32,35-40H2,1-15H3,(H,54,57)/b33-31-,34-28+,42-29+. The lowest BCUT2D eigenvalue weighted by Gasteiger charge is -2.39. The first kappa shape index (κ1) is 58.7. The van der Waals surface area contributed by atoms with Crippen molar-refractivity contribution in [2.75, 3.05) is 26.2 Å². The highest BCUT2D eigenvalue weighted by atomic mass is 28.4. The van der Waals surface area contributed by atoms with E-state index in [0.717, 1.165) is 98.9 Å². The molecule has 0 radical (unpaired) electrons. The van der Waals surface area contributed by atoms with Gasteiger partial charge < -0.3 is 37.7 Å². The number of carbonyl (C=O) groups excluding carboxylic acids is 2. The molecular formula is C53H100N2O8Si3. The summed E-state index contributed by atoms with van der Waals surface area (Å²) in [5.74, 6) is -0.0852. The number of likely N-dealkylation sites (tertiary alicyclic amines) is 1. The van der Waals surface area contributed by atoms with E-state index < -0.39 is 48.9 Å². The average Bonchev–Trinajstić information content (AvgIpc) is 3.87. The molecule has 13 heteroatoms. The molecule has 0 saturated carbocycles. The summed E-state index contributed by atoms with van der Waals surface area (Å²) >= 11 is 0. The second-order valence-corrected chi connectivity index (χ2v) is 34.8. The van der Waals surface area contributed by atoms with Gasteiger partial charge in [-0.15, -0.1) is 0 Å². The Morgan fingerprint density at radius 1 is 0.879 bits per heavy atom. The van der Waals surface area contributed by atoms with Gasteiger partial charge in [0.1, 0.15) is 12.2 Å². The van der Waals surface area contributed by atoms with Crippen LogP contribution in [0.4, 0.5) is 4.79 Å². The zero-order valence-electron chi connectivity index (χ0n) is 44.9. The van der Waals surface area contributed by atoms with Crippen LogP contribution in [0.5, 0.6) is 0 Å². The maximum Gasteiger partial charge on any atom is 0.407 e. The minimum Gasteiger partial charge on any atom is -0.457 e. The Bertz CT molecular complexity index is 1500. The van der Waals surface area contributed by atoms with Crippen LogP contribution in [0.3, 0.4) is 0 Å². The lowest BCUT2D eigenvalue weighted by atomic mass is 9.91. The number of alkyl carbamates (subject to hydrolysis) is 1. The molecule has 0 aromatic heterocycles.